The van der Waals surface area contributed by atoms with Crippen molar-refractivity contribution in [3.8, 4) is 0 Å². The molecule has 2 heterocycles. The van der Waals surface area contributed by atoms with Crippen molar-refractivity contribution in [3.05, 3.63) is 36.4 Å². The summed E-state index contributed by atoms with van der Waals surface area (Å²) in [6.07, 6.45) is 5.78. The number of carbonyl (C=O) groups excluding carboxylic acids is 2. The van der Waals surface area contributed by atoms with Crippen LogP contribution in [0.15, 0.2) is 41.3 Å². The molecule has 38 heavy (non-hydrogen) atoms. The van der Waals surface area contributed by atoms with Gasteiger partial charge in [-0.25, -0.2) is 13.2 Å². The molecular formula is C29H39N3O5S. The lowest BCUT2D eigenvalue weighted by Crippen LogP contribution is -2.42. The van der Waals surface area contributed by atoms with Gasteiger partial charge in [0.05, 0.1) is 4.90 Å². The second-order valence-corrected chi connectivity index (χ2v) is 14.2. The summed E-state index contributed by atoms with van der Waals surface area (Å²) in [6, 6.07) is 10.8. The number of nitrogens with zero attached hydrogens (tertiary/aromatic N) is 1. The minimum Gasteiger partial charge on any atom is -0.444 e. The first kappa shape index (κ1) is 26.9. The third kappa shape index (κ3) is 5.99. The summed E-state index contributed by atoms with van der Waals surface area (Å²) in [5, 5.41) is 7.16. The molecule has 4 aliphatic rings. The highest BCUT2D eigenvalue weighted by Gasteiger charge is 2.46. The molecule has 2 saturated heterocycles. The summed E-state index contributed by atoms with van der Waals surface area (Å²) in [4.78, 5) is 24.6. The van der Waals surface area contributed by atoms with Crippen LogP contribution in [0.3, 0.4) is 0 Å². The minimum absolute atomic E-state index is 0.113. The number of carbonyl (C=O) groups is 2. The number of nitrogens with one attached hydrogen (secondary N) is 2. The number of benzene rings is 2. The highest BCUT2D eigenvalue weighted by Crippen LogP contribution is 2.48. The first-order chi connectivity index (χ1) is 18.0. The zero-order valence-corrected chi connectivity index (χ0v) is 23.4. The minimum atomic E-state index is -3.60. The molecule has 9 heteroatoms. The maximum absolute atomic E-state index is 13.8. The molecule has 2 amide bonds. The van der Waals surface area contributed by atoms with Gasteiger partial charge >= 0.3 is 6.09 Å². The largest absolute Gasteiger partial charge is 0.444 e. The number of sulfonamides is 1. The predicted octanol–water partition coefficient (Wildman–Crippen LogP) is 5.28. The summed E-state index contributed by atoms with van der Waals surface area (Å²) < 4.78 is 34.6. The zero-order chi connectivity index (χ0) is 27.1. The molecule has 2 saturated carbocycles. The number of ether oxygens (including phenoxy) is 1. The fourth-order valence-corrected chi connectivity index (χ4v) is 8.43. The molecule has 4 fully saturated rings. The van der Waals surface area contributed by atoms with E-state index in [1.807, 2.05) is 18.2 Å². The van der Waals surface area contributed by atoms with E-state index in [9.17, 15) is 18.0 Å². The van der Waals surface area contributed by atoms with Gasteiger partial charge in [0.25, 0.3) is 0 Å². The van der Waals surface area contributed by atoms with Crippen molar-refractivity contribution >= 4 is 38.5 Å². The fourth-order valence-electron chi connectivity index (χ4n) is 6.67. The van der Waals surface area contributed by atoms with E-state index >= 15 is 0 Å². The first-order valence-electron chi connectivity index (χ1n) is 13.8. The Morgan fingerprint density at radius 3 is 2.42 bits per heavy atom. The standard InChI is InChI=1S/C29H39N3O5S/c1-29(2,3)37-28(34)30-11-5-8-27(33)31-26-7-4-6-22-17-24(9-10-25(22)26)38(35,36)32-18-21-13-19-12-20(14-21)16-23(32)15-19/h4,6-7,9-10,17,19-21,23H,5,8,11-16,18H2,1-3H3,(H,30,34)(H,31,33). The fraction of sp³-hybridized carbons (Fsp3) is 0.586. The van der Waals surface area contributed by atoms with Crippen molar-refractivity contribution in [2.75, 3.05) is 18.4 Å². The van der Waals surface area contributed by atoms with E-state index in [1.54, 1.807) is 43.3 Å². The van der Waals surface area contributed by atoms with Crippen molar-refractivity contribution < 1.29 is 22.7 Å². The molecule has 206 valence electrons. The monoisotopic (exact) mass is 541 g/mol. The third-order valence-corrected chi connectivity index (χ3v) is 9.95. The van der Waals surface area contributed by atoms with Gasteiger partial charge in [-0.1, -0.05) is 18.2 Å². The molecule has 2 unspecified atom stereocenters. The van der Waals surface area contributed by atoms with Crippen LogP contribution in [0.25, 0.3) is 10.8 Å². The van der Waals surface area contributed by atoms with Gasteiger partial charge in [-0.2, -0.15) is 4.31 Å². The van der Waals surface area contributed by atoms with Gasteiger partial charge in [0, 0.05) is 36.6 Å². The Morgan fingerprint density at radius 1 is 1.00 bits per heavy atom. The summed E-state index contributed by atoms with van der Waals surface area (Å²) in [6.45, 7) is 6.36. The van der Waals surface area contributed by atoms with E-state index < -0.39 is 21.7 Å². The number of fused-ring (bicyclic) bond motifs is 2. The second-order valence-electron chi connectivity index (χ2n) is 12.3. The maximum atomic E-state index is 13.8. The van der Waals surface area contributed by atoms with E-state index in [1.165, 1.54) is 6.42 Å². The lowest BCUT2D eigenvalue weighted by Gasteiger charge is -2.38. The van der Waals surface area contributed by atoms with Gasteiger partial charge in [0.1, 0.15) is 5.60 Å². The van der Waals surface area contributed by atoms with Crippen molar-refractivity contribution in [3.63, 3.8) is 0 Å². The lowest BCUT2D eigenvalue weighted by molar-refractivity contribution is -0.116. The molecule has 8 nitrogen and oxygen atoms in total. The van der Waals surface area contributed by atoms with E-state index in [0.29, 0.717) is 47.8 Å². The topological polar surface area (TPSA) is 105 Å². The van der Waals surface area contributed by atoms with E-state index in [4.69, 9.17) is 4.74 Å². The van der Waals surface area contributed by atoms with Gasteiger partial charge in [-0.3, -0.25) is 4.79 Å². The summed E-state index contributed by atoms with van der Waals surface area (Å²) in [5.41, 5.74) is 0.0729. The van der Waals surface area contributed by atoms with Gasteiger partial charge in [0.2, 0.25) is 15.9 Å². The Hall–Kier alpha value is -2.65. The molecule has 2 aromatic carbocycles. The average Bonchev–Trinajstić information content (AvgIpc) is 3.04. The van der Waals surface area contributed by atoms with Crippen molar-refractivity contribution in [1.82, 2.24) is 9.62 Å². The average molecular weight is 542 g/mol. The number of amides is 2. The maximum Gasteiger partial charge on any atom is 0.407 e. The molecule has 2 aliphatic carbocycles. The first-order valence-corrected chi connectivity index (χ1v) is 15.2. The van der Waals surface area contributed by atoms with Crippen molar-refractivity contribution in [1.29, 1.82) is 0 Å². The van der Waals surface area contributed by atoms with Crippen LogP contribution in [-0.2, 0) is 19.6 Å². The SMILES string of the molecule is CC(C)(C)OC(=O)NCCCC(=O)Nc1cccc2cc(S(=O)(=O)N3CC4CC5CC(C4)CC3C5)ccc12. The summed E-state index contributed by atoms with van der Waals surface area (Å²) >= 11 is 0. The van der Waals surface area contributed by atoms with Gasteiger partial charge in [-0.15, -0.1) is 0 Å². The van der Waals surface area contributed by atoms with Crippen LogP contribution in [0.1, 0.15) is 65.7 Å². The van der Waals surface area contributed by atoms with Crippen LogP contribution >= 0.6 is 0 Å². The molecular weight excluding hydrogens is 502 g/mol. The molecule has 2 aliphatic heterocycles. The molecule has 4 bridgehead atoms. The van der Waals surface area contributed by atoms with Crippen LogP contribution < -0.4 is 10.6 Å². The number of anilines is 1. The quantitative estimate of drug-likeness (QED) is 0.464. The third-order valence-electron chi connectivity index (χ3n) is 8.04. The number of rotatable bonds is 7. The molecule has 0 radical (unpaired) electrons. The normalized spacial score (nSPS) is 25.2. The lowest BCUT2D eigenvalue weighted by atomic mass is 9.68. The molecule has 0 aromatic heterocycles. The smallest absolute Gasteiger partial charge is 0.407 e. The molecule has 0 spiro atoms. The van der Waals surface area contributed by atoms with Gasteiger partial charge in [-0.05, 0) is 101 Å². The number of hydrogen-bond donors (Lipinski definition) is 2. The predicted molar refractivity (Wildman–Crippen MR) is 147 cm³/mol. The van der Waals surface area contributed by atoms with Crippen molar-refractivity contribution in [2.45, 2.75) is 82.3 Å². The number of hydrogen-bond acceptors (Lipinski definition) is 5. The molecule has 2 N–H and O–H groups in total. The highest BCUT2D eigenvalue weighted by molar-refractivity contribution is 7.89. The summed E-state index contributed by atoms with van der Waals surface area (Å²) in [5.74, 6) is 1.65. The van der Waals surface area contributed by atoms with Crippen LogP contribution in [0.4, 0.5) is 10.5 Å². The Kier molecular flexibility index (Phi) is 7.44. The molecule has 2 atom stereocenters. The Morgan fingerprint density at radius 2 is 1.71 bits per heavy atom. The zero-order valence-electron chi connectivity index (χ0n) is 22.5. The van der Waals surface area contributed by atoms with E-state index in [2.05, 4.69) is 10.6 Å². The van der Waals surface area contributed by atoms with Crippen molar-refractivity contribution in [2.24, 2.45) is 17.8 Å². The van der Waals surface area contributed by atoms with Crippen LogP contribution in [0.2, 0.25) is 0 Å². The van der Waals surface area contributed by atoms with Gasteiger partial charge in [0.15, 0.2) is 0 Å². The van der Waals surface area contributed by atoms with E-state index in [-0.39, 0.29) is 18.4 Å². The highest BCUT2D eigenvalue weighted by atomic mass is 32.2. The second kappa shape index (κ2) is 10.5. The Labute approximate surface area is 225 Å². The van der Waals surface area contributed by atoms with Crippen LogP contribution in [-0.4, -0.2) is 49.5 Å². The molecule has 2 aromatic rings. The van der Waals surface area contributed by atoms with Gasteiger partial charge < -0.3 is 15.4 Å². The summed E-state index contributed by atoms with van der Waals surface area (Å²) in [7, 11) is -3.60. The Balaban J connectivity index is 1.24. The van der Waals surface area contributed by atoms with Crippen LogP contribution in [0.5, 0.6) is 0 Å². The molecule has 6 rings (SSSR count). The van der Waals surface area contributed by atoms with Crippen LogP contribution in [0, 0.1) is 17.8 Å². The number of alkyl carbamates (subject to hydrolysis) is 1. The Bertz CT molecular complexity index is 1310. The van der Waals surface area contributed by atoms with E-state index in [0.717, 1.165) is 36.5 Å².